The largest absolute Gasteiger partial charge is 0.240 e. The Morgan fingerprint density at radius 3 is 2.62 bits per heavy atom. The topological polar surface area (TPSA) is 46.2 Å². The molecule has 1 aromatic carbocycles. The van der Waals surface area contributed by atoms with Crippen LogP contribution in [-0.2, 0) is 15.4 Å². The van der Waals surface area contributed by atoms with E-state index in [0.29, 0.717) is 17.1 Å². The first-order valence-corrected chi connectivity index (χ1v) is 11.0. The van der Waals surface area contributed by atoms with E-state index in [1.54, 1.807) is 30.4 Å². The Kier molecular flexibility index (Phi) is 5.35. The average molecular weight is 384 g/mol. The molecule has 1 saturated carbocycles. The fourth-order valence-electron chi connectivity index (χ4n) is 3.49. The summed E-state index contributed by atoms with van der Waals surface area (Å²) in [6.07, 6.45) is 5.59. The van der Waals surface area contributed by atoms with Gasteiger partial charge in [-0.05, 0) is 48.9 Å². The molecular weight excluding hydrogens is 362 g/mol. The van der Waals surface area contributed by atoms with Crippen molar-refractivity contribution in [2.75, 3.05) is 6.54 Å². The lowest BCUT2D eigenvalue weighted by Crippen LogP contribution is -2.41. The third-order valence-electron chi connectivity index (χ3n) is 4.89. The highest BCUT2D eigenvalue weighted by atomic mass is 35.5. The summed E-state index contributed by atoms with van der Waals surface area (Å²) in [5.41, 5.74) is 0.632. The number of benzene rings is 1. The van der Waals surface area contributed by atoms with E-state index in [4.69, 9.17) is 11.6 Å². The van der Waals surface area contributed by atoms with Gasteiger partial charge >= 0.3 is 0 Å². The molecule has 0 bridgehead atoms. The van der Waals surface area contributed by atoms with Gasteiger partial charge in [0, 0.05) is 21.9 Å². The van der Waals surface area contributed by atoms with E-state index in [2.05, 4.69) is 16.2 Å². The summed E-state index contributed by atoms with van der Waals surface area (Å²) in [7, 11) is -3.57. The highest BCUT2D eigenvalue weighted by molar-refractivity contribution is 7.89. The summed E-state index contributed by atoms with van der Waals surface area (Å²) in [5, 5.41) is 2.51. The van der Waals surface area contributed by atoms with Crippen LogP contribution in [0.25, 0.3) is 0 Å². The van der Waals surface area contributed by atoms with Crippen molar-refractivity contribution in [1.82, 2.24) is 4.72 Å². The number of aryl methyl sites for hydroxylation is 1. The van der Waals surface area contributed by atoms with Gasteiger partial charge in [-0.15, -0.1) is 11.3 Å². The first kappa shape index (κ1) is 17.9. The van der Waals surface area contributed by atoms with Crippen LogP contribution in [0.3, 0.4) is 0 Å². The van der Waals surface area contributed by atoms with Crippen molar-refractivity contribution in [3.63, 3.8) is 0 Å². The van der Waals surface area contributed by atoms with Crippen molar-refractivity contribution >= 4 is 33.0 Å². The molecule has 0 aliphatic heterocycles. The second kappa shape index (κ2) is 7.16. The first-order chi connectivity index (χ1) is 11.4. The molecule has 1 aliphatic rings. The van der Waals surface area contributed by atoms with Crippen LogP contribution in [0.4, 0.5) is 0 Å². The van der Waals surface area contributed by atoms with Gasteiger partial charge in [0.2, 0.25) is 10.0 Å². The maximum absolute atomic E-state index is 12.8. The van der Waals surface area contributed by atoms with Crippen LogP contribution in [0.1, 0.15) is 42.5 Å². The third kappa shape index (κ3) is 3.69. The van der Waals surface area contributed by atoms with Crippen molar-refractivity contribution in [1.29, 1.82) is 0 Å². The number of rotatable bonds is 5. The standard InChI is InChI=1S/C18H22ClNO2S2/c1-14-7-8-15(19)12-16(14)24(21,22)20-13-18(9-3-2-4-10-18)17-6-5-11-23-17/h5-8,11-12,20H,2-4,9-10,13H2,1H3. The second-order valence-electron chi connectivity index (χ2n) is 6.55. The van der Waals surface area contributed by atoms with Crippen molar-refractivity contribution < 1.29 is 8.42 Å². The molecule has 1 aromatic heterocycles. The highest BCUT2D eigenvalue weighted by Crippen LogP contribution is 2.41. The Hall–Kier alpha value is -0.880. The molecule has 1 fully saturated rings. The lowest BCUT2D eigenvalue weighted by atomic mass is 9.73. The van der Waals surface area contributed by atoms with Gasteiger partial charge in [-0.3, -0.25) is 0 Å². The molecule has 130 valence electrons. The van der Waals surface area contributed by atoms with Gasteiger partial charge in [0.25, 0.3) is 0 Å². The predicted molar refractivity (Wildman–Crippen MR) is 100 cm³/mol. The van der Waals surface area contributed by atoms with Crippen molar-refractivity contribution in [2.24, 2.45) is 0 Å². The van der Waals surface area contributed by atoms with E-state index < -0.39 is 10.0 Å². The smallest absolute Gasteiger partial charge is 0.210 e. The van der Waals surface area contributed by atoms with E-state index in [-0.39, 0.29) is 10.3 Å². The third-order valence-corrected chi connectivity index (χ3v) is 7.79. The zero-order valence-corrected chi connectivity index (χ0v) is 16.1. The molecule has 0 unspecified atom stereocenters. The SMILES string of the molecule is Cc1ccc(Cl)cc1S(=O)(=O)NCC1(c2cccs2)CCCCC1. The Labute approximate surface area is 153 Å². The van der Waals surface area contributed by atoms with E-state index >= 15 is 0 Å². The molecule has 1 heterocycles. The summed E-state index contributed by atoms with van der Waals surface area (Å²) < 4.78 is 28.4. The van der Waals surface area contributed by atoms with E-state index in [1.807, 2.05) is 6.07 Å². The molecular formula is C18H22ClNO2S2. The lowest BCUT2D eigenvalue weighted by molar-refractivity contribution is 0.298. The summed E-state index contributed by atoms with van der Waals surface area (Å²) in [5.74, 6) is 0. The summed E-state index contributed by atoms with van der Waals surface area (Å²) in [6, 6.07) is 9.16. The number of sulfonamides is 1. The number of halogens is 1. The fraction of sp³-hybridized carbons (Fsp3) is 0.444. The maximum Gasteiger partial charge on any atom is 0.240 e. The normalized spacial score (nSPS) is 17.8. The van der Waals surface area contributed by atoms with Crippen molar-refractivity contribution in [3.05, 3.63) is 51.2 Å². The number of thiophene rings is 1. The van der Waals surface area contributed by atoms with Crippen LogP contribution in [0.5, 0.6) is 0 Å². The molecule has 2 aromatic rings. The lowest BCUT2D eigenvalue weighted by Gasteiger charge is -2.36. The molecule has 0 saturated heterocycles. The minimum absolute atomic E-state index is 0.0774. The Bertz CT molecular complexity index is 794. The molecule has 3 rings (SSSR count). The van der Waals surface area contributed by atoms with Gasteiger partial charge in [-0.1, -0.05) is 43.0 Å². The Morgan fingerprint density at radius 2 is 1.96 bits per heavy atom. The average Bonchev–Trinajstić information content (AvgIpc) is 3.11. The first-order valence-electron chi connectivity index (χ1n) is 8.23. The molecule has 24 heavy (non-hydrogen) atoms. The molecule has 0 radical (unpaired) electrons. The quantitative estimate of drug-likeness (QED) is 0.798. The predicted octanol–water partition coefficient (Wildman–Crippen LogP) is 4.89. The van der Waals surface area contributed by atoms with Gasteiger partial charge in [-0.2, -0.15) is 0 Å². The molecule has 1 N–H and O–H groups in total. The zero-order valence-electron chi connectivity index (χ0n) is 13.7. The summed E-state index contributed by atoms with van der Waals surface area (Å²) in [4.78, 5) is 1.56. The summed E-state index contributed by atoms with van der Waals surface area (Å²) >= 11 is 7.71. The Morgan fingerprint density at radius 1 is 1.21 bits per heavy atom. The van der Waals surface area contributed by atoms with E-state index in [0.717, 1.165) is 25.7 Å². The number of hydrogen-bond donors (Lipinski definition) is 1. The van der Waals surface area contributed by atoms with Crippen molar-refractivity contribution in [3.8, 4) is 0 Å². The van der Waals surface area contributed by atoms with Crippen LogP contribution in [0, 0.1) is 6.92 Å². The van der Waals surface area contributed by atoms with Crippen LogP contribution < -0.4 is 4.72 Å². The molecule has 0 atom stereocenters. The van der Waals surface area contributed by atoms with Crippen molar-refractivity contribution in [2.45, 2.75) is 49.3 Å². The molecule has 0 amide bonds. The van der Waals surface area contributed by atoms with Gasteiger partial charge in [-0.25, -0.2) is 13.1 Å². The monoisotopic (exact) mass is 383 g/mol. The fourth-order valence-corrected chi connectivity index (χ4v) is 6.11. The van der Waals surface area contributed by atoms with Crippen LogP contribution in [0.2, 0.25) is 5.02 Å². The summed E-state index contributed by atoms with van der Waals surface area (Å²) in [6.45, 7) is 2.24. The highest BCUT2D eigenvalue weighted by Gasteiger charge is 2.36. The van der Waals surface area contributed by atoms with E-state index in [1.165, 1.54) is 17.4 Å². The second-order valence-corrected chi connectivity index (χ2v) is 9.67. The van der Waals surface area contributed by atoms with E-state index in [9.17, 15) is 8.42 Å². The zero-order chi connectivity index (χ0) is 17.2. The van der Waals surface area contributed by atoms with Crippen LogP contribution >= 0.6 is 22.9 Å². The Balaban J connectivity index is 1.85. The minimum atomic E-state index is -3.57. The molecule has 6 heteroatoms. The van der Waals surface area contributed by atoms with Crippen LogP contribution in [0.15, 0.2) is 40.6 Å². The maximum atomic E-state index is 12.8. The molecule has 0 spiro atoms. The number of nitrogens with one attached hydrogen (secondary N) is 1. The van der Waals surface area contributed by atoms with Gasteiger partial charge in [0.05, 0.1) is 4.90 Å². The number of hydrogen-bond acceptors (Lipinski definition) is 3. The van der Waals surface area contributed by atoms with Gasteiger partial charge < -0.3 is 0 Å². The van der Waals surface area contributed by atoms with Gasteiger partial charge in [0.15, 0.2) is 0 Å². The van der Waals surface area contributed by atoms with Gasteiger partial charge in [0.1, 0.15) is 0 Å². The minimum Gasteiger partial charge on any atom is -0.210 e. The molecule has 3 nitrogen and oxygen atoms in total. The van der Waals surface area contributed by atoms with Crippen LogP contribution in [-0.4, -0.2) is 15.0 Å². The molecule has 1 aliphatic carbocycles.